The van der Waals surface area contributed by atoms with Gasteiger partial charge in [-0.15, -0.1) is 0 Å². The molecular formula is C12H20N2O3. The lowest BCUT2D eigenvalue weighted by Crippen LogP contribution is -2.49. The minimum Gasteiger partial charge on any atom is -0.393 e. The average molecular weight is 240 g/mol. The first kappa shape index (κ1) is 12.4. The SMILES string of the molecule is CC(O)C1CCCN(C(=O)C2CCC(=O)N2)C1. The number of nitrogens with zero attached hydrogens (tertiary/aromatic N) is 1. The van der Waals surface area contributed by atoms with Crippen LogP contribution in [0.2, 0.25) is 0 Å². The Kier molecular flexibility index (Phi) is 3.66. The van der Waals surface area contributed by atoms with Gasteiger partial charge >= 0.3 is 0 Å². The number of nitrogens with one attached hydrogen (secondary N) is 1. The van der Waals surface area contributed by atoms with Crippen LogP contribution in [0.4, 0.5) is 0 Å². The first-order chi connectivity index (χ1) is 8.08. The van der Waals surface area contributed by atoms with E-state index in [0.717, 1.165) is 19.4 Å². The number of rotatable bonds is 2. The standard InChI is InChI=1S/C12H20N2O3/c1-8(15)9-3-2-6-14(7-9)12(17)10-4-5-11(16)13-10/h8-10,15H,2-7H2,1H3,(H,13,16). The molecule has 0 aromatic rings. The van der Waals surface area contributed by atoms with Gasteiger partial charge in [0.1, 0.15) is 6.04 Å². The van der Waals surface area contributed by atoms with E-state index in [1.54, 1.807) is 11.8 Å². The summed E-state index contributed by atoms with van der Waals surface area (Å²) in [7, 11) is 0. The summed E-state index contributed by atoms with van der Waals surface area (Å²) in [5.41, 5.74) is 0. The van der Waals surface area contributed by atoms with Crippen molar-refractivity contribution in [2.45, 2.75) is 44.8 Å². The number of hydrogen-bond acceptors (Lipinski definition) is 3. The van der Waals surface area contributed by atoms with Gasteiger partial charge in [-0.2, -0.15) is 0 Å². The van der Waals surface area contributed by atoms with Crippen LogP contribution in [0.1, 0.15) is 32.6 Å². The molecular weight excluding hydrogens is 220 g/mol. The zero-order chi connectivity index (χ0) is 12.4. The number of aliphatic hydroxyl groups is 1. The molecule has 2 amide bonds. The number of piperidine rings is 1. The van der Waals surface area contributed by atoms with E-state index in [2.05, 4.69) is 5.32 Å². The molecule has 96 valence electrons. The Labute approximate surface area is 101 Å². The summed E-state index contributed by atoms with van der Waals surface area (Å²) >= 11 is 0. The lowest BCUT2D eigenvalue weighted by molar-refractivity contribution is -0.136. The molecule has 0 aromatic heterocycles. The van der Waals surface area contributed by atoms with Crippen LogP contribution in [0.25, 0.3) is 0 Å². The monoisotopic (exact) mass is 240 g/mol. The Hall–Kier alpha value is -1.10. The highest BCUT2D eigenvalue weighted by molar-refractivity contribution is 5.90. The van der Waals surface area contributed by atoms with Gasteiger partial charge in [-0.25, -0.2) is 0 Å². The van der Waals surface area contributed by atoms with Crippen molar-refractivity contribution in [2.24, 2.45) is 5.92 Å². The average Bonchev–Trinajstić information content (AvgIpc) is 2.75. The number of carbonyl (C=O) groups is 2. The zero-order valence-corrected chi connectivity index (χ0v) is 10.2. The number of hydrogen-bond donors (Lipinski definition) is 2. The first-order valence-electron chi connectivity index (χ1n) is 6.34. The maximum absolute atomic E-state index is 12.1. The van der Waals surface area contributed by atoms with E-state index in [1.807, 2.05) is 0 Å². The van der Waals surface area contributed by atoms with Gasteiger partial charge in [0.05, 0.1) is 6.10 Å². The molecule has 0 saturated carbocycles. The Morgan fingerprint density at radius 3 is 2.88 bits per heavy atom. The maximum Gasteiger partial charge on any atom is 0.245 e. The van der Waals surface area contributed by atoms with Crippen molar-refractivity contribution in [3.05, 3.63) is 0 Å². The highest BCUT2D eigenvalue weighted by Crippen LogP contribution is 2.21. The summed E-state index contributed by atoms with van der Waals surface area (Å²) in [6, 6.07) is -0.338. The van der Waals surface area contributed by atoms with Gasteiger partial charge in [0.15, 0.2) is 0 Å². The predicted molar refractivity (Wildman–Crippen MR) is 62.1 cm³/mol. The summed E-state index contributed by atoms with van der Waals surface area (Å²) < 4.78 is 0. The number of carbonyl (C=O) groups excluding carboxylic acids is 2. The van der Waals surface area contributed by atoms with Crippen molar-refractivity contribution in [2.75, 3.05) is 13.1 Å². The molecule has 0 aromatic carbocycles. The molecule has 2 aliphatic rings. The summed E-state index contributed by atoms with van der Waals surface area (Å²) in [5.74, 6) is 0.151. The number of aliphatic hydroxyl groups excluding tert-OH is 1. The molecule has 0 bridgehead atoms. The summed E-state index contributed by atoms with van der Waals surface area (Å²) in [4.78, 5) is 25.0. The van der Waals surface area contributed by atoms with Gasteiger partial charge in [-0.05, 0) is 26.2 Å². The molecule has 3 unspecified atom stereocenters. The van der Waals surface area contributed by atoms with E-state index in [-0.39, 0.29) is 29.9 Å². The topological polar surface area (TPSA) is 69.6 Å². The lowest BCUT2D eigenvalue weighted by Gasteiger charge is -2.35. The van der Waals surface area contributed by atoms with Gasteiger partial charge in [0, 0.05) is 25.4 Å². The predicted octanol–water partition coefficient (Wildman–Crippen LogP) is -0.116. The van der Waals surface area contributed by atoms with Crippen LogP contribution in [-0.2, 0) is 9.59 Å². The summed E-state index contributed by atoms with van der Waals surface area (Å²) in [6.07, 6.45) is 2.58. The van der Waals surface area contributed by atoms with Crippen LogP contribution in [-0.4, -0.2) is 47.1 Å². The van der Waals surface area contributed by atoms with E-state index in [4.69, 9.17) is 0 Å². The molecule has 2 fully saturated rings. The second kappa shape index (κ2) is 5.04. The molecule has 3 atom stereocenters. The molecule has 0 spiro atoms. The van der Waals surface area contributed by atoms with E-state index in [1.165, 1.54) is 0 Å². The highest BCUT2D eigenvalue weighted by atomic mass is 16.3. The molecule has 2 rings (SSSR count). The quantitative estimate of drug-likeness (QED) is 0.707. The van der Waals surface area contributed by atoms with Gasteiger partial charge in [0.25, 0.3) is 0 Å². The van der Waals surface area contributed by atoms with Crippen LogP contribution in [0.5, 0.6) is 0 Å². The second-order valence-corrected chi connectivity index (χ2v) is 5.09. The first-order valence-corrected chi connectivity index (χ1v) is 6.34. The van der Waals surface area contributed by atoms with Gasteiger partial charge in [-0.1, -0.05) is 0 Å². The van der Waals surface area contributed by atoms with Crippen molar-refractivity contribution >= 4 is 11.8 Å². The lowest BCUT2D eigenvalue weighted by atomic mass is 9.93. The third-order valence-corrected chi connectivity index (χ3v) is 3.75. The molecule has 0 radical (unpaired) electrons. The maximum atomic E-state index is 12.1. The van der Waals surface area contributed by atoms with Crippen LogP contribution in [0, 0.1) is 5.92 Å². The Morgan fingerprint density at radius 2 is 2.29 bits per heavy atom. The summed E-state index contributed by atoms with van der Waals surface area (Å²) in [6.45, 7) is 3.13. The highest BCUT2D eigenvalue weighted by Gasteiger charge is 2.33. The number of amides is 2. The molecule has 17 heavy (non-hydrogen) atoms. The van der Waals surface area contributed by atoms with Gasteiger partial charge in [-0.3, -0.25) is 9.59 Å². The smallest absolute Gasteiger partial charge is 0.245 e. The van der Waals surface area contributed by atoms with E-state index in [0.29, 0.717) is 19.4 Å². The van der Waals surface area contributed by atoms with Crippen molar-refractivity contribution in [3.8, 4) is 0 Å². The fourth-order valence-electron chi connectivity index (χ4n) is 2.62. The van der Waals surface area contributed by atoms with Gasteiger partial charge < -0.3 is 15.3 Å². The minimum absolute atomic E-state index is 0.0150. The Bertz CT molecular complexity index is 317. The number of likely N-dealkylation sites (tertiary alicyclic amines) is 1. The van der Waals surface area contributed by atoms with Crippen LogP contribution in [0.3, 0.4) is 0 Å². The van der Waals surface area contributed by atoms with Crippen LogP contribution < -0.4 is 5.32 Å². The normalized spacial score (nSPS) is 31.2. The third-order valence-electron chi connectivity index (χ3n) is 3.75. The second-order valence-electron chi connectivity index (χ2n) is 5.09. The fourth-order valence-corrected chi connectivity index (χ4v) is 2.62. The van der Waals surface area contributed by atoms with Crippen molar-refractivity contribution in [3.63, 3.8) is 0 Å². The molecule has 2 aliphatic heterocycles. The Morgan fingerprint density at radius 1 is 1.53 bits per heavy atom. The van der Waals surface area contributed by atoms with E-state index < -0.39 is 0 Å². The molecule has 2 heterocycles. The molecule has 2 saturated heterocycles. The zero-order valence-electron chi connectivity index (χ0n) is 10.2. The van der Waals surface area contributed by atoms with Crippen molar-refractivity contribution in [1.82, 2.24) is 10.2 Å². The van der Waals surface area contributed by atoms with E-state index in [9.17, 15) is 14.7 Å². The molecule has 5 heteroatoms. The largest absolute Gasteiger partial charge is 0.393 e. The van der Waals surface area contributed by atoms with E-state index >= 15 is 0 Å². The Balaban J connectivity index is 1.93. The third kappa shape index (κ3) is 2.77. The molecule has 2 N–H and O–H groups in total. The summed E-state index contributed by atoms with van der Waals surface area (Å²) in [5, 5.41) is 12.3. The van der Waals surface area contributed by atoms with Crippen molar-refractivity contribution < 1.29 is 14.7 Å². The molecule has 0 aliphatic carbocycles. The fraction of sp³-hybridized carbons (Fsp3) is 0.833. The van der Waals surface area contributed by atoms with Crippen LogP contribution >= 0.6 is 0 Å². The van der Waals surface area contributed by atoms with Gasteiger partial charge in [0.2, 0.25) is 11.8 Å². The van der Waals surface area contributed by atoms with Crippen molar-refractivity contribution in [1.29, 1.82) is 0 Å². The molecule has 5 nitrogen and oxygen atoms in total. The van der Waals surface area contributed by atoms with Crippen LogP contribution in [0.15, 0.2) is 0 Å². The minimum atomic E-state index is -0.372.